The summed E-state index contributed by atoms with van der Waals surface area (Å²) in [4.78, 5) is 8.44. The molecule has 0 fully saturated rings. The number of benzene rings is 1. The third kappa shape index (κ3) is 6.16. The lowest BCUT2D eigenvalue weighted by Gasteiger charge is -2.26. The first kappa shape index (κ1) is 24.4. The first-order valence-corrected chi connectivity index (χ1v) is 9.05. The van der Waals surface area contributed by atoms with E-state index in [0.717, 1.165) is 5.69 Å². The predicted octanol–water partition coefficient (Wildman–Crippen LogP) is 3.62. The number of aliphatic imine (C=N–C) groups is 1. The number of likely N-dealkylation sites (N-methyl/N-ethyl adjacent to an activating group) is 1. The van der Waals surface area contributed by atoms with Crippen molar-refractivity contribution in [2.45, 2.75) is 19.5 Å². The molecule has 156 valence electrons. The molecule has 0 bridgehead atoms. The van der Waals surface area contributed by atoms with Crippen molar-refractivity contribution in [3.8, 4) is 0 Å². The van der Waals surface area contributed by atoms with Crippen LogP contribution in [0.2, 0.25) is 0 Å². The van der Waals surface area contributed by atoms with Crippen LogP contribution in [-0.4, -0.2) is 54.6 Å². The Bertz CT molecular complexity index is 755. The molecule has 0 amide bonds. The number of halogens is 3. The Morgan fingerprint density at radius 1 is 1.14 bits per heavy atom. The van der Waals surface area contributed by atoms with Crippen LogP contribution in [0.1, 0.15) is 24.2 Å². The molecule has 0 aliphatic rings. The normalized spacial score (nSPS) is 12.6. The van der Waals surface area contributed by atoms with Crippen molar-refractivity contribution in [3.05, 3.63) is 59.4 Å². The summed E-state index contributed by atoms with van der Waals surface area (Å²) in [5.41, 5.74) is 1.19. The summed E-state index contributed by atoms with van der Waals surface area (Å²) < 4.78 is 30.5. The molecule has 0 saturated heterocycles. The Labute approximate surface area is 183 Å². The molecule has 0 saturated carbocycles. The highest BCUT2D eigenvalue weighted by Gasteiger charge is 2.22. The number of nitrogens with one attached hydrogen (secondary N) is 1. The fourth-order valence-electron chi connectivity index (χ4n) is 2.96. The van der Waals surface area contributed by atoms with Gasteiger partial charge >= 0.3 is 0 Å². The van der Waals surface area contributed by atoms with Gasteiger partial charge in [0.1, 0.15) is 11.6 Å². The molecule has 28 heavy (non-hydrogen) atoms. The molecule has 0 aliphatic carbocycles. The molecule has 1 aromatic heterocycles. The minimum absolute atomic E-state index is 0. The highest BCUT2D eigenvalue weighted by molar-refractivity contribution is 14.0. The zero-order valence-corrected chi connectivity index (χ0v) is 19.4. The maximum Gasteiger partial charge on any atom is 0.194 e. The van der Waals surface area contributed by atoms with Gasteiger partial charge in [-0.1, -0.05) is 6.07 Å². The van der Waals surface area contributed by atoms with Gasteiger partial charge in [0.05, 0.1) is 19.1 Å². The third-order valence-electron chi connectivity index (χ3n) is 4.52. The second kappa shape index (κ2) is 11.4. The molecular formula is C20H30F2IN5. The topological polar surface area (TPSA) is 35.8 Å². The Balaban J connectivity index is 0.00000392. The van der Waals surface area contributed by atoms with Crippen LogP contribution < -0.4 is 5.32 Å². The van der Waals surface area contributed by atoms with Crippen molar-refractivity contribution < 1.29 is 8.78 Å². The monoisotopic (exact) mass is 505 g/mol. The molecule has 2 aromatic rings. The van der Waals surface area contributed by atoms with Crippen molar-refractivity contribution in [1.29, 1.82) is 0 Å². The van der Waals surface area contributed by atoms with Crippen molar-refractivity contribution in [3.63, 3.8) is 0 Å². The van der Waals surface area contributed by atoms with Crippen LogP contribution in [0.3, 0.4) is 0 Å². The van der Waals surface area contributed by atoms with E-state index in [9.17, 15) is 8.78 Å². The second-order valence-electron chi connectivity index (χ2n) is 6.78. The van der Waals surface area contributed by atoms with Crippen LogP contribution in [0.25, 0.3) is 0 Å². The Hall–Kier alpha value is -1.68. The van der Waals surface area contributed by atoms with E-state index >= 15 is 0 Å². The number of aryl methyl sites for hydroxylation is 1. The molecule has 8 heteroatoms. The van der Waals surface area contributed by atoms with E-state index < -0.39 is 17.7 Å². The van der Waals surface area contributed by atoms with E-state index in [1.54, 1.807) is 19.0 Å². The van der Waals surface area contributed by atoms with Crippen LogP contribution >= 0.6 is 24.0 Å². The lowest BCUT2D eigenvalue weighted by molar-refractivity contribution is 0.289. The van der Waals surface area contributed by atoms with Crippen LogP contribution in [0.15, 0.2) is 41.5 Å². The molecule has 1 N–H and O–H groups in total. The van der Waals surface area contributed by atoms with Gasteiger partial charge in [-0.15, -0.1) is 24.0 Å². The summed E-state index contributed by atoms with van der Waals surface area (Å²) >= 11 is 0. The van der Waals surface area contributed by atoms with E-state index in [-0.39, 0.29) is 36.1 Å². The van der Waals surface area contributed by atoms with Crippen molar-refractivity contribution in [1.82, 2.24) is 19.7 Å². The van der Waals surface area contributed by atoms with E-state index in [4.69, 9.17) is 0 Å². The maximum atomic E-state index is 14.2. The smallest absolute Gasteiger partial charge is 0.194 e. The zero-order chi connectivity index (χ0) is 20.0. The van der Waals surface area contributed by atoms with Crippen molar-refractivity contribution >= 4 is 29.9 Å². The fourth-order valence-corrected chi connectivity index (χ4v) is 2.96. The number of aromatic nitrogens is 1. The maximum absolute atomic E-state index is 14.2. The lowest BCUT2D eigenvalue weighted by Crippen LogP contribution is -2.39. The average molecular weight is 505 g/mol. The second-order valence-corrected chi connectivity index (χ2v) is 6.78. The van der Waals surface area contributed by atoms with Gasteiger partial charge in [0, 0.05) is 38.1 Å². The van der Waals surface area contributed by atoms with Gasteiger partial charge in [-0.3, -0.25) is 4.99 Å². The van der Waals surface area contributed by atoms with Crippen LogP contribution in [0.5, 0.6) is 0 Å². The summed E-state index contributed by atoms with van der Waals surface area (Å²) in [6.07, 6.45) is 2.00. The summed E-state index contributed by atoms with van der Waals surface area (Å²) in [6, 6.07) is 7.50. The van der Waals surface area contributed by atoms with Crippen LogP contribution in [0.4, 0.5) is 8.78 Å². The summed E-state index contributed by atoms with van der Waals surface area (Å²) in [6.45, 7) is 3.61. The zero-order valence-electron chi connectivity index (χ0n) is 17.1. The molecule has 1 atom stereocenters. The minimum Gasteiger partial charge on any atom is -0.357 e. The van der Waals surface area contributed by atoms with Gasteiger partial charge in [-0.25, -0.2) is 8.78 Å². The summed E-state index contributed by atoms with van der Waals surface area (Å²) in [5.74, 6) is -0.403. The Morgan fingerprint density at radius 3 is 2.29 bits per heavy atom. The predicted molar refractivity (Wildman–Crippen MR) is 121 cm³/mol. The average Bonchev–Trinajstić information content (AvgIpc) is 3.00. The standard InChI is InChI=1S/C20H29F2N5.HI/c1-6-23-20(27(5)14-15-9-8-12-26(15)4)24-13-18(25(2)3)19-16(21)10-7-11-17(19)22;/h7-12,18H,6,13-14H2,1-5H3,(H,23,24);1H. The minimum atomic E-state index is -0.550. The van der Waals surface area contributed by atoms with Crippen molar-refractivity contribution in [2.24, 2.45) is 12.0 Å². The molecule has 0 aliphatic heterocycles. The van der Waals surface area contributed by atoms with Crippen molar-refractivity contribution in [2.75, 3.05) is 34.2 Å². The SMILES string of the molecule is CCNC(=NCC(c1c(F)cccc1F)N(C)C)N(C)Cc1cccn1C.I. The number of rotatable bonds is 7. The molecule has 2 rings (SSSR count). The quantitative estimate of drug-likeness (QED) is 0.355. The lowest BCUT2D eigenvalue weighted by atomic mass is 10.0. The van der Waals surface area contributed by atoms with E-state index in [0.29, 0.717) is 19.0 Å². The number of hydrogen-bond acceptors (Lipinski definition) is 2. The molecule has 1 unspecified atom stereocenters. The molecular weight excluding hydrogens is 475 g/mol. The van der Waals surface area contributed by atoms with Gasteiger partial charge < -0.3 is 19.7 Å². The molecule has 1 heterocycles. The van der Waals surface area contributed by atoms with E-state index in [2.05, 4.69) is 20.9 Å². The largest absolute Gasteiger partial charge is 0.357 e. The Kier molecular flexibility index (Phi) is 9.88. The van der Waals surface area contributed by atoms with Gasteiger partial charge in [0.2, 0.25) is 0 Å². The first-order chi connectivity index (χ1) is 12.8. The van der Waals surface area contributed by atoms with E-state index in [1.807, 2.05) is 38.2 Å². The third-order valence-corrected chi connectivity index (χ3v) is 4.52. The fraction of sp³-hybridized carbons (Fsp3) is 0.450. The summed E-state index contributed by atoms with van der Waals surface area (Å²) in [5, 5.41) is 3.25. The molecule has 0 spiro atoms. The number of hydrogen-bond donors (Lipinski definition) is 1. The molecule has 1 aromatic carbocycles. The van der Waals surface area contributed by atoms with Gasteiger partial charge in [-0.05, 0) is 45.3 Å². The molecule has 0 radical (unpaired) electrons. The van der Waals surface area contributed by atoms with Gasteiger partial charge in [-0.2, -0.15) is 0 Å². The van der Waals surface area contributed by atoms with Crippen LogP contribution in [0, 0.1) is 11.6 Å². The number of nitrogens with zero attached hydrogens (tertiary/aromatic N) is 4. The highest BCUT2D eigenvalue weighted by atomic mass is 127. The van der Waals surface area contributed by atoms with Gasteiger partial charge in [0.25, 0.3) is 0 Å². The molecule has 5 nitrogen and oxygen atoms in total. The first-order valence-electron chi connectivity index (χ1n) is 9.05. The van der Waals surface area contributed by atoms with E-state index in [1.165, 1.54) is 18.2 Å². The van der Waals surface area contributed by atoms with Crippen LogP contribution in [-0.2, 0) is 13.6 Å². The number of guanidine groups is 1. The van der Waals surface area contributed by atoms with Gasteiger partial charge in [0.15, 0.2) is 5.96 Å². The Morgan fingerprint density at radius 2 is 1.79 bits per heavy atom. The summed E-state index contributed by atoms with van der Waals surface area (Å²) in [7, 11) is 7.54. The highest BCUT2D eigenvalue weighted by Crippen LogP contribution is 2.24.